The van der Waals surface area contributed by atoms with Crippen LogP contribution in [0, 0.1) is 0 Å². The van der Waals surface area contributed by atoms with Gasteiger partial charge in [-0.2, -0.15) is 13.2 Å². The predicted molar refractivity (Wildman–Crippen MR) is 27.0 cm³/mol. The van der Waals surface area contributed by atoms with E-state index in [1.807, 2.05) is 0 Å². The van der Waals surface area contributed by atoms with Crippen LogP contribution in [-0.4, -0.2) is 17.4 Å². The summed E-state index contributed by atoms with van der Waals surface area (Å²) in [7, 11) is 0. The van der Waals surface area contributed by atoms with Gasteiger partial charge in [0, 0.05) is 6.42 Å². The molecule has 1 N–H and O–H groups in total. The normalized spacial score (nSPS) is 15.7. The van der Waals surface area contributed by atoms with E-state index in [0.717, 1.165) is 0 Å². The quantitative estimate of drug-likeness (QED) is 0.622. The minimum absolute atomic E-state index is 0.205. The number of halogens is 3. The number of hydrogen-bond donors (Lipinski definition) is 1. The van der Waals surface area contributed by atoms with Crippen molar-refractivity contribution in [1.29, 1.82) is 0 Å². The van der Waals surface area contributed by atoms with Gasteiger partial charge < -0.3 is 5.11 Å². The fourth-order valence-corrected chi connectivity index (χ4v) is 0.373. The summed E-state index contributed by atoms with van der Waals surface area (Å²) in [4.78, 5) is 0. The molecule has 0 fully saturated rings. The van der Waals surface area contributed by atoms with Gasteiger partial charge >= 0.3 is 6.18 Å². The van der Waals surface area contributed by atoms with Crippen LogP contribution < -0.4 is 0 Å². The van der Waals surface area contributed by atoms with Gasteiger partial charge in [-0.1, -0.05) is 0 Å². The summed E-state index contributed by atoms with van der Waals surface area (Å²) in [5.41, 5.74) is 0. The van der Waals surface area contributed by atoms with Gasteiger partial charge in [0.15, 0.2) is 0 Å². The summed E-state index contributed by atoms with van der Waals surface area (Å²) in [5, 5.41) is 8.42. The Balaban J connectivity index is 3.28. The molecular formula is C5H9F3O. The molecule has 0 radical (unpaired) electrons. The lowest BCUT2D eigenvalue weighted by molar-refractivity contribution is -0.139. The molecule has 0 spiro atoms. The van der Waals surface area contributed by atoms with Crippen LogP contribution in [0.3, 0.4) is 0 Å². The van der Waals surface area contributed by atoms with Crippen molar-refractivity contribution < 1.29 is 18.3 Å². The molecule has 0 saturated carbocycles. The van der Waals surface area contributed by atoms with Gasteiger partial charge in [-0.05, 0) is 13.3 Å². The van der Waals surface area contributed by atoms with Gasteiger partial charge in [0.25, 0.3) is 0 Å². The zero-order chi connectivity index (χ0) is 7.49. The van der Waals surface area contributed by atoms with Gasteiger partial charge in [0.05, 0.1) is 6.10 Å². The zero-order valence-corrected chi connectivity index (χ0v) is 5.07. The topological polar surface area (TPSA) is 20.2 Å². The average molecular weight is 142 g/mol. The van der Waals surface area contributed by atoms with E-state index in [9.17, 15) is 13.2 Å². The molecule has 0 aromatic heterocycles. The molecular weight excluding hydrogens is 133 g/mol. The lowest BCUT2D eigenvalue weighted by Gasteiger charge is -2.06. The Morgan fingerprint density at radius 3 is 2.00 bits per heavy atom. The van der Waals surface area contributed by atoms with Crippen LogP contribution >= 0.6 is 0 Å². The molecule has 0 bridgehead atoms. The molecule has 9 heavy (non-hydrogen) atoms. The fourth-order valence-electron chi connectivity index (χ4n) is 0.373. The maximum atomic E-state index is 11.3. The summed E-state index contributed by atoms with van der Waals surface area (Å²) in [6.45, 7) is 1.34. The molecule has 0 aliphatic rings. The smallest absolute Gasteiger partial charge is 0.389 e. The van der Waals surface area contributed by atoms with Crippen molar-refractivity contribution in [3.63, 3.8) is 0 Å². The Morgan fingerprint density at radius 1 is 1.44 bits per heavy atom. The van der Waals surface area contributed by atoms with Gasteiger partial charge in [-0.25, -0.2) is 0 Å². The molecule has 0 heterocycles. The first-order valence-corrected chi connectivity index (χ1v) is 2.66. The number of hydrogen-bond acceptors (Lipinski definition) is 1. The van der Waals surface area contributed by atoms with E-state index < -0.39 is 18.7 Å². The first-order valence-electron chi connectivity index (χ1n) is 2.66. The van der Waals surface area contributed by atoms with Crippen molar-refractivity contribution in [3.8, 4) is 0 Å². The SMILES string of the molecule is CC(O)CCC(F)(F)F. The molecule has 1 atom stereocenters. The van der Waals surface area contributed by atoms with Crippen LogP contribution in [0.15, 0.2) is 0 Å². The molecule has 1 unspecified atom stereocenters. The molecule has 0 aromatic carbocycles. The largest absolute Gasteiger partial charge is 0.393 e. The first-order chi connectivity index (χ1) is 3.92. The summed E-state index contributed by atoms with van der Waals surface area (Å²) in [6.07, 6.45) is -6.09. The second kappa shape index (κ2) is 3.06. The van der Waals surface area contributed by atoms with Gasteiger partial charge in [0.2, 0.25) is 0 Å². The van der Waals surface area contributed by atoms with Crippen LogP contribution in [0.2, 0.25) is 0 Å². The monoisotopic (exact) mass is 142 g/mol. The molecule has 0 aliphatic carbocycles. The molecule has 0 aliphatic heterocycles. The lowest BCUT2D eigenvalue weighted by Crippen LogP contribution is -2.11. The third-order valence-electron chi connectivity index (χ3n) is 0.846. The fraction of sp³-hybridized carbons (Fsp3) is 1.00. The van der Waals surface area contributed by atoms with Gasteiger partial charge in [0.1, 0.15) is 0 Å². The van der Waals surface area contributed by atoms with Crippen molar-refractivity contribution in [2.75, 3.05) is 0 Å². The standard InChI is InChI=1S/C5H9F3O/c1-4(9)2-3-5(6,7)8/h4,9H,2-3H2,1H3. The Labute approximate surface area is 51.5 Å². The number of aliphatic hydroxyl groups excluding tert-OH is 1. The third kappa shape index (κ3) is 7.75. The molecule has 0 amide bonds. The number of alkyl halides is 3. The minimum atomic E-state index is -4.13. The van der Waals surface area contributed by atoms with E-state index in [2.05, 4.69) is 0 Å². The van der Waals surface area contributed by atoms with Gasteiger partial charge in [-0.15, -0.1) is 0 Å². The van der Waals surface area contributed by atoms with Crippen LogP contribution in [-0.2, 0) is 0 Å². The van der Waals surface area contributed by atoms with E-state index in [1.54, 1.807) is 0 Å². The summed E-state index contributed by atoms with van der Waals surface area (Å²) in [5.74, 6) is 0. The Kier molecular flexibility index (Phi) is 2.97. The van der Waals surface area contributed by atoms with Crippen molar-refractivity contribution in [1.82, 2.24) is 0 Å². The molecule has 0 saturated heterocycles. The van der Waals surface area contributed by atoms with E-state index in [1.165, 1.54) is 6.92 Å². The van der Waals surface area contributed by atoms with Crippen molar-refractivity contribution in [3.05, 3.63) is 0 Å². The summed E-state index contributed by atoms with van der Waals surface area (Å²) >= 11 is 0. The Bertz CT molecular complexity index is 76.8. The van der Waals surface area contributed by atoms with Crippen LogP contribution in [0.1, 0.15) is 19.8 Å². The maximum absolute atomic E-state index is 11.3. The number of aliphatic hydroxyl groups is 1. The van der Waals surface area contributed by atoms with Crippen molar-refractivity contribution in [2.45, 2.75) is 32.0 Å². The van der Waals surface area contributed by atoms with Crippen LogP contribution in [0.25, 0.3) is 0 Å². The second-order valence-electron chi connectivity index (χ2n) is 2.00. The van der Waals surface area contributed by atoms with Gasteiger partial charge in [-0.3, -0.25) is 0 Å². The highest BCUT2D eigenvalue weighted by Crippen LogP contribution is 2.21. The zero-order valence-electron chi connectivity index (χ0n) is 5.07. The second-order valence-corrected chi connectivity index (χ2v) is 2.00. The molecule has 56 valence electrons. The average Bonchev–Trinajstić information content (AvgIpc) is 1.59. The van der Waals surface area contributed by atoms with E-state index >= 15 is 0 Å². The molecule has 1 nitrogen and oxygen atoms in total. The summed E-state index contributed by atoms with van der Waals surface area (Å²) in [6, 6.07) is 0. The lowest BCUT2D eigenvalue weighted by atomic mass is 10.2. The summed E-state index contributed by atoms with van der Waals surface area (Å²) < 4.78 is 33.9. The minimum Gasteiger partial charge on any atom is -0.393 e. The predicted octanol–water partition coefficient (Wildman–Crippen LogP) is 1.71. The molecule has 4 heteroatoms. The number of rotatable bonds is 2. The van der Waals surface area contributed by atoms with E-state index in [-0.39, 0.29) is 6.42 Å². The molecule has 0 aromatic rings. The highest BCUT2D eigenvalue weighted by Gasteiger charge is 2.26. The first kappa shape index (κ1) is 8.75. The highest BCUT2D eigenvalue weighted by molar-refractivity contribution is 4.53. The van der Waals surface area contributed by atoms with Crippen LogP contribution in [0.4, 0.5) is 13.2 Å². The highest BCUT2D eigenvalue weighted by atomic mass is 19.4. The van der Waals surface area contributed by atoms with E-state index in [0.29, 0.717) is 0 Å². The Morgan fingerprint density at radius 2 is 1.89 bits per heavy atom. The Hall–Kier alpha value is -0.250. The molecule has 0 rings (SSSR count). The van der Waals surface area contributed by atoms with E-state index in [4.69, 9.17) is 5.11 Å². The third-order valence-corrected chi connectivity index (χ3v) is 0.846. The van der Waals surface area contributed by atoms with Crippen molar-refractivity contribution in [2.24, 2.45) is 0 Å². The van der Waals surface area contributed by atoms with Crippen molar-refractivity contribution >= 4 is 0 Å². The maximum Gasteiger partial charge on any atom is 0.389 e. The van der Waals surface area contributed by atoms with Crippen LogP contribution in [0.5, 0.6) is 0 Å².